The van der Waals surface area contributed by atoms with Crippen LogP contribution in [0.25, 0.3) is 0 Å². The number of halogens is 3. The molecular formula is C15H12F3NO2. The van der Waals surface area contributed by atoms with Crippen LogP contribution in [-0.2, 0) is 13.1 Å². The van der Waals surface area contributed by atoms with E-state index in [0.717, 1.165) is 11.6 Å². The first-order chi connectivity index (χ1) is 10.1. The monoisotopic (exact) mass is 295 g/mol. The third kappa shape index (κ3) is 2.80. The van der Waals surface area contributed by atoms with E-state index in [2.05, 4.69) is 5.32 Å². The van der Waals surface area contributed by atoms with Crippen molar-refractivity contribution in [3.63, 3.8) is 0 Å². The number of benzene rings is 2. The molecule has 0 atom stereocenters. The predicted octanol–water partition coefficient (Wildman–Crippen LogP) is 3.12. The quantitative estimate of drug-likeness (QED) is 0.879. The number of rotatable bonds is 4. The summed E-state index contributed by atoms with van der Waals surface area (Å²) in [7, 11) is 0. The fourth-order valence-corrected chi connectivity index (χ4v) is 2.16. The molecule has 110 valence electrons. The largest absolute Gasteiger partial charge is 0.454 e. The van der Waals surface area contributed by atoms with Gasteiger partial charge in [-0.05, 0) is 12.1 Å². The van der Waals surface area contributed by atoms with E-state index in [9.17, 15) is 13.2 Å². The summed E-state index contributed by atoms with van der Waals surface area (Å²) < 4.78 is 50.0. The molecule has 0 amide bonds. The highest BCUT2D eigenvalue weighted by atomic mass is 19.2. The van der Waals surface area contributed by atoms with Crippen LogP contribution >= 0.6 is 0 Å². The molecule has 6 heteroatoms. The van der Waals surface area contributed by atoms with Crippen molar-refractivity contribution in [3.05, 3.63) is 58.9 Å². The maximum absolute atomic E-state index is 13.5. The first-order valence-corrected chi connectivity index (χ1v) is 6.37. The second-order valence-corrected chi connectivity index (χ2v) is 4.61. The SMILES string of the molecule is Fc1cc(F)c(CNCc2cccc3c2OCO3)cc1F. The van der Waals surface area contributed by atoms with E-state index in [1.54, 1.807) is 6.07 Å². The van der Waals surface area contributed by atoms with Crippen molar-refractivity contribution in [1.82, 2.24) is 5.32 Å². The minimum absolute atomic E-state index is 0.0682. The number of nitrogens with one attached hydrogen (secondary N) is 1. The van der Waals surface area contributed by atoms with Gasteiger partial charge in [0.05, 0.1) is 0 Å². The summed E-state index contributed by atoms with van der Waals surface area (Å²) >= 11 is 0. The maximum Gasteiger partial charge on any atom is 0.231 e. The van der Waals surface area contributed by atoms with Gasteiger partial charge in [-0.2, -0.15) is 0 Å². The van der Waals surface area contributed by atoms with Gasteiger partial charge in [-0.25, -0.2) is 13.2 Å². The summed E-state index contributed by atoms with van der Waals surface area (Å²) in [4.78, 5) is 0. The van der Waals surface area contributed by atoms with Crippen LogP contribution in [0.1, 0.15) is 11.1 Å². The molecule has 21 heavy (non-hydrogen) atoms. The Kier molecular flexibility index (Phi) is 3.70. The summed E-state index contributed by atoms with van der Waals surface area (Å²) in [5.41, 5.74) is 0.923. The van der Waals surface area contributed by atoms with E-state index < -0.39 is 17.5 Å². The minimum atomic E-state index is -1.19. The average molecular weight is 295 g/mol. The lowest BCUT2D eigenvalue weighted by Gasteiger charge is -2.09. The first-order valence-electron chi connectivity index (χ1n) is 6.37. The molecule has 0 spiro atoms. The van der Waals surface area contributed by atoms with E-state index in [0.29, 0.717) is 24.1 Å². The molecule has 0 aromatic heterocycles. The molecule has 0 saturated heterocycles. The number of para-hydroxylation sites is 1. The Morgan fingerprint density at radius 1 is 0.905 bits per heavy atom. The molecule has 0 unspecified atom stereocenters. The topological polar surface area (TPSA) is 30.5 Å². The Hall–Kier alpha value is -2.21. The molecule has 0 saturated carbocycles. The van der Waals surface area contributed by atoms with E-state index in [1.807, 2.05) is 12.1 Å². The number of hydrogen-bond donors (Lipinski definition) is 1. The Balaban J connectivity index is 1.67. The molecule has 0 bridgehead atoms. The summed E-state index contributed by atoms with van der Waals surface area (Å²) in [6.07, 6.45) is 0. The molecule has 1 aliphatic heterocycles. The third-order valence-corrected chi connectivity index (χ3v) is 3.20. The van der Waals surface area contributed by atoms with Gasteiger partial charge in [0.1, 0.15) is 5.82 Å². The van der Waals surface area contributed by atoms with Gasteiger partial charge >= 0.3 is 0 Å². The van der Waals surface area contributed by atoms with Gasteiger partial charge in [0.2, 0.25) is 6.79 Å². The van der Waals surface area contributed by atoms with Crippen LogP contribution in [0.2, 0.25) is 0 Å². The zero-order chi connectivity index (χ0) is 14.8. The van der Waals surface area contributed by atoms with Crippen LogP contribution in [0, 0.1) is 17.5 Å². The lowest BCUT2D eigenvalue weighted by molar-refractivity contribution is 0.173. The van der Waals surface area contributed by atoms with Crippen molar-refractivity contribution < 1.29 is 22.6 Å². The lowest BCUT2D eigenvalue weighted by atomic mass is 10.1. The van der Waals surface area contributed by atoms with Crippen LogP contribution in [0.5, 0.6) is 11.5 Å². The smallest absolute Gasteiger partial charge is 0.231 e. The third-order valence-electron chi connectivity index (χ3n) is 3.20. The number of hydrogen-bond acceptors (Lipinski definition) is 3. The molecule has 0 aliphatic carbocycles. The highest BCUT2D eigenvalue weighted by Crippen LogP contribution is 2.35. The molecule has 1 N–H and O–H groups in total. The zero-order valence-corrected chi connectivity index (χ0v) is 11.0. The maximum atomic E-state index is 13.5. The second-order valence-electron chi connectivity index (χ2n) is 4.61. The van der Waals surface area contributed by atoms with Gasteiger partial charge in [-0.3, -0.25) is 0 Å². The van der Waals surface area contributed by atoms with Crippen LogP contribution < -0.4 is 14.8 Å². The number of fused-ring (bicyclic) bond motifs is 1. The summed E-state index contributed by atoms with van der Waals surface area (Å²) in [6, 6.07) is 6.86. The lowest BCUT2D eigenvalue weighted by Crippen LogP contribution is -2.14. The molecule has 0 fully saturated rings. The molecule has 0 radical (unpaired) electrons. The highest BCUT2D eigenvalue weighted by molar-refractivity contribution is 5.48. The van der Waals surface area contributed by atoms with Crippen molar-refractivity contribution in [1.29, 1.82) is 0 Å². The van der Waals surface area contributed by atoms with Crippen LogP contribution in [0.3, 0.4) is 0 Å². The van der Waals surface area contributed by atoms with Gasteiger partial charge in [0.25, 0.3) is 0 Å². The second kappa shape index (κ2) is 5.65. The number of ether oxygens (including phenoxy) is 2. The van der Waals surface area contributed by atoms with Crippen LogP contribution in [0.15, 0.2) is 30.3 Å². The van der Waals surface area contributed by atoms with Gasteiger partial charge in [0.15, 0.2) is 23.1 Å². The average Bonchev–Trinajstić information content (AvgIpc) is 2.93. The summed E-state index contributed by atoms with van der Waals surface area (Å²) in [5, 5.41) is 2.97. The van der Waals surface area contributed by atoms with Gasteiger partial charge in [-0.15, -0.1) is 0 Å². The fourth-order valence-electron chi connectivity index (χ4n) is 2.16. The summed E-state index contributed by atoms with van der Waals surface area (Å²) in [5.74, 6) is -1.73. The van der Waals surface area contributed by atoms with Crippen molar-refractivity contribution in [2.75, 3.05) is 6.79 Å². The van der Waals surface area contributed by atoms with E-state index >= 15 is 0 Å². The van der Waals surface area contributed by atoms with E-state index in [1.165, 1.54) is 0 Å². The summed E-state index contributed by atoms with van der Waals surface area (Å²) in [6.45, 7) is 0.642. The standard InChI is InChI=1S/C15H12F3NO2/c16-11-5-13(18)12(17)4-10(11)7-19-6-9-2-1-3-14-15(9)21-8-20-14/h1-5,19H,6-8H2. The first kappa shape index (κ1) is 13.8. The van der Waals surface area contributed by atoms with E-state index in [-0.39, 0.29) is 18.9 Å². The Morgan fingerprint density at radius 2 is 1.67 bits per heavy atom. The molecule has 2 aromatic rings. The Bertz CT molecular complexity index is 676. The molecule has 1 aliphatic rings. The zero-order valence-electron chi connectivity index (χ0n) is 11.0. The van der Waals surface area contributed by atoms with Crippen molar-refractivity contribution in [3.8, 4) is 11.5 Å². The Labute approximate surface area is 119 Å². The van der Waals surface area contributed by atoms with Crippen molar-refractivity contribution in [2.45, 2.75) is 13.1 Å². The van der Waals surface area contributed by atoms with E-state index in [4.69, 9.17) is 9.47 Å². The van der Waals surface area contributed by atoms with Crippen LogP contribution in [0.4, 0.5) is 13.2 Å². The Morgan fingerprint density at radius 3 is 2.52 bits per heavy atom. The van der Waals surface area contributed by atoms with Crippen molar-refractivity contribution in [2.24, 2.45) is 0 Å². The highest BCUT2D eigenvalue weighted by Gasteiger charge is 2.17. The molecule has 2 aromatic carbocycles. The van der Waals surface area contributed by atoms with Gasteiger partial charge in [-0.1, -0.05) is 12.1 Å². The fraction of sp³-hybridized carbons (Fsp3) is 0.200. The van der Waals surface area contributed by atoms with Gasteiger partial charge < -0.3 is 14.8 Å². The molecule has 1 heterocycles. The molecule has 3 rings (SSSR count). The molecule has 3 nitrogen and oxygen atoms in total. The molecular weight excluding hydrogens is 283 g/mol. The normalized spacial score (nSPS) is 12.7. The van der Waals surface area contributed by atoms with Gasteiger partial charge in [0, 0.05) is 30.3 Å². The predicted molar refractivity (Wildman–Crippen MR) is 69.4 cm³/mol. The van der Waals surface area contributed by atoms with Crippen LogP contribution in [-0.4, -0.2) is 6.79 Å². The minimum Gasteiger partial charge on any atom is -0.454 e. The van der Waals surface area contributed by atoms with Crippen molar-refractivity contribution >= 4 is 0 Å².